The number of nitrogens with one attached hydrogen (secondary N) is 2. The maximum Gasteiger partial charge on any atom is 0.411 e. The largest absolute Gasteiger partial charge is 0.457 e. The molecule has 8 heteroatoms. The molecule has 1 fully saturated rings. The third-order valence-corrected chi connectivity index (χ3v) is 7.16. The number of ether oxygens (including phenoxy) is 1. The number of nitrogens with zero attached hydrogens (tertiary/aromatic N) is 2. The van der Waals surface area contributed by atoms with Crippen molar-refractivity contribution in [1.29, 1.82) is 0 Å². The summed E-state index contributed by atoms with van der Waals surface area (Å²) in [6.07, 6.45) is 1.04. The number of para-hydroxylation sites is 1. The molecule has 0 bridgehead atoms. The van der Waals surface area contributed by atoms with E-state index < -0.39 is 6.09 Å². The van der Waals surface area contributed by atoms with Gasteiger partial charge in [-0.2, -0.15) is 0 Å². The van der Waals surface area contributed by atoms with E-state index in [4.69, 9.17) is 9.15 Å². The minimum Gasteiger partial charge on any atom is -0.457 e. The van der Waals surface area contributed by atoms with Gasteiger partial charge in [0, 0.05) is 31.7 Å². The van der Waals surface area contributed by atoms with Gasteiger partial charge in [-0.3, -0.25) is 15.0 Å². The number of rotatable bonds is 13. The Morgan fingerprint density at radius 1 is 0.974 bits per heavy atom. The number of Topliss-reactive ketones (excluding diaryl/α,β-unsaturated/α-hetero) is 1. The van der Waals surface area contributed by atoms with E-state index in [0.717, 1.165) is 74.7 Å². The van der Waals surface area contributed by atoms with Crippen molar-refractivity contribution in [2.45, 2.75) is 39.3 Å². The van der Waals surface area contributed by atoms with Gasteiger partial charge in [0.05, 0.1) is 18.8 Å². The lowest BCUT2D eigenvalue weighted by molar-refractivity contribution is 0.0593. The van der Waals surface area contributed by atoms with Gasteiger partial charge in [-0.25, -0.2) is 4.79 Å². The van der Waals surface area contributed by atoms with Gasteiger partial charge in [-0.15, -0.1) is 0 Å². The fourth-order valence-corrected chi connectivity index (χ4v) is 4.81. The Bertz CT molecular complexity index is 1180. The Morgan fingerprint density at radius 3 is 2.44 bits per heavy atom. The highest BCUT2D eigenvalue weighted by Gasteiger charge is 2.22. The summed E-state index contributed by atoms with van der Waals surface area (Å²) in [5, 5.41) is 6.16. The smallest absolute Gasteiger partial charge is 0.411 e. The molecule has 1 saturated heterocycles. The number of likely N-dealkylation sites (tertiary alicyclic amines) is 1. The second-order valence-corrected chi connectivity index (χ2v) is 9.81. The quantitative estimate of drug-likeness (QED) is 0.229. The summed E-state index contributed by atoms with van der Waals surface area (Å²) in [7, 11) is 0. The summed E-state index contributed by atoms with van der Waals surface area (Å²) in [5.74, 6) is 1.20. The third-order valence-electron chi connectivity index (χ3n) is 7.16. The fourth-order valence-electron chi connectivity index (χ4n) is 4.81. The normalized spacial score (nSPS) is 14.4. The van der Waals surface area contributed by atoms with Crippen LogP contribution in [0.25, 0.3) is 11.1 Å². The molecule has 1 aromatic heterocycles. The maximum atomic E-state index is 12.6. The number of carbonyl (C=O) groups is 2. The summed E-state index contributed by atoms with van der Waals surface area (Å²) in [4.78, 5) is 29.7. The Hall–Kier alpha value is -3.46. The van der Waals surface area contributed by atoms with Crippen molar-refractivity contribution >= 4 is 17.6 Å². The summed E-state index contributed by atoms with van der Waals surface area (Å²) < 4.78 is 11.5. The van der Waals surface area contributed by atoms with E-state index in [1.165, 1.54) is 0 Å². The lowest BCUT2D eigenvalue weighted by Gasteiger charge is -2.31. The van der Waals surface area contributed by atoms with Crippen molar-refractivity contribution in [1.82, 2.24) is 15.1 Å². The van der Waals surface area contributed by atoms with E-state index in [0.29, 0.717) is 12.3 Å². The number of carbonyl (C=O) groups excluding carboxylic acids is 2. The van der Waals surface area contributed by atoms with Gasteiger partial charge in [0.15, 0.2) is 5.76 Å². The van der Waals surface area contributed by atoms with Crippen molar-refractivity contribution in [3.63, 3.8) is 0 Å². The van der Waals surface area contributed by atoms with Crippen molar-refractivity contribution < 1.29 is 18.7 Å². The molecule has 1 aliphatic heterocycles. The molecule has 0 aliphatic carbocycles. The van der Waals surface area contributed by atoms with Crippen LogP contribution in [-0.4, -0.2) is 73.6 Å². The Balaban J connectivity index is 1.13. The summed E-state index contributed by atoms with van der Waals surface area (Å²) in [6.45, 7) is 10.3. The Morgan fingerprint density at radius 2 is 1.69 bits per heavy atom. The lowest BCUT2D eigenvalue weighted by atomic mass is 10.0. The first-order valence-corrected chi connectivity index (χ1v) is 13.9. The molecular weight excluding hydrogens is 492 g/mol. The minimum atomic E-state index is -0.421. The lowest BCUT2D eigenvalue weighted by Crippen LogP contribution is -2.42. The van der Waals surface area contributed by atoms with Gasteiger partial charge in [0.1, 0.15) is 11.9 Å². The van der Waals surface area contributed by atoms with E-state index in [2.05, 4.69) is 34.3 Å². The SMILES string of the molecule is CCN(CC)Cc1ccc(C(=O)CNCCN2CCC(OC(=O)Nc3ccccc3-c3ccccc3)CC2)o1. The van der Waals surface area contributed by atoms with Crippen LogP contribution in [-0.2, 0) is 11.3 Å². The van der Waals surface area contributed by atoms with Crippen LogP contribution in [0.4, 0.5) is 10.5 Å². The molecule has 4 rings (SSSR count). The monoisotopic (exact) mass is 532 g/mol. The fraction of sp³-hybridized carbons (Fsp3) is 0.419. The Kier molecular flexibility index (Phi) is 10.7. The molecule has 0 saturated carbocycles. The van der Waals surface area contributed by atoms with Crippen LogP contribution in [0.15, 0.2) is 71.1 Å². The topological polar surface area (TPSA) is 87.0 Å². The molecule has 2 heterocycles. The van der Waals surface area contributed by atoms with Crippen LogP contribution in [0.3, 0.4) is 0 Å². The van der Waals surface area contributed by atoms with Crippen LogP contribution < -0.4 is 10.6 Å². The number of hydrogen-bond acceptors (Lipinski definition) is 7. The summed E-state index contributed by atoms with van der Waals surface area (Å²) >= 11 is 0. The van der Waals surface area contributed by atoms with Gasteiger partial charge < -0.3 is 19.4 Å². The molecule has 2 aromatic carbocycles. The van der Waals surface area contributed by atoms with Gasteiger partial charge in [0.25, 0.3) is 0 Å². The molecule has 2 N–H and O–H groups in total. The predicted molar refractivity (Wildman–Crippen MR) is 154 cm³/mol. The molecule has 8 nitrogen and oxygen atoms in total. The van der Waals surface area contributed by atoms with Crippen molar-refractivity contribution in [2.24, 2.45) is 0 Å². The molecule has 0 radical (unpaired) electrons. The standard InChI is InChI=1S/C31H40N4O4/c1-3-34(4-2)23-26-14-15-30(38-26)29(36)22-32-18-21-35-19-16-25(17-20-35)39-31(37)33-28-13-9-8-12-27(28)24-10-6-5-7-11-24/h5-15,25,32H,3-4,16-23H2,1-2H3,(H,33,37). The zero-order valence-electron chi connectivity index (χ0n) is 23.0. The highest BCUT2D eigenvalue weighted by molar-refractivity contribution is 5.95. The second kappa shape index (κ2) is 14.6. The Labute approximate surface area is 231 Å². The number of anilines is 1. The first kappa shape index (κ1) is 28.5. The molecular formula is C31H40N4O4. The number of hydrogen-bond donors (Lipinski definition) is 2. The highest BCUT2D eigenvalue weighted by Crippen LogP contribution is 2.28. The molecule has 39 heavy (non-hydrogen) atoms. The maximum absolute atomic E-state index is 12.6. The van der Waals surface area contributed by atoms with E-state index in [1.54, 1.807) is 6.07 Å². The zero-order valence-corrected chi connectivity index (χ0v) is 23.0. The molecule has 0 spiro atoms. The molecule has 1 amide bonds. The first-order chi connectivity index (χ1) is 19.1. The van der Waals surface area contributed by atoms with Gasteiger partial charge in [-0.05, 0) is 49.7 Å². The number of benzene rings is 2. The van der Waals surface area contributed by atoms with E-state index in [9.17, 15) is 9.59 Å². The predicted octanol–water partition coefficient (Wildman–Crippen LogP) is 5.27. The van der Waals surface area contributed by atoms with Gasteiger partial charge in [-0.1, -0.05) is 62.4 Å². The molecule has 0 atom stereocenters. The van der Waals surface area contributed by atoms with Gasteiger partial charge in [0.2, 0.25) is 5.78 Å². The van der Waals surface area contributed by atoms with Crippen LogP contribution in [0.1, 0.15) is 43.0 Å². The van der Waals surface area contributed by atoms with E-state index in [-0.39, 0.29) is 18.4 Å². The van der Waals surface area contributed by atoms with Crippen LogP contribution in [0, 0.1) is 0 Å². The number of piperidine rings is 1. The average molecular weight is 533 g/mol. The number of furan rings is 1. The molecule has 1 aliphatic rings. The van der Waals surface area contributed by atoms with Crippen molar-refractivity contribution in [3.8, 4) is 11.1 Å². The van der Waals surface area contributed by atoms with Crippen molar-refractivity contribution in [3.05, 3.63) is 78.3 Å². The first-order valence-electron chi connectivity index (χ1n) is 13.9. The van der Waals surface area contributed by atoms with E-state index >= 15 is 0 Å². The zero-order chi connectivity index (χ0) is 27.5. The molecule has 0 unspecified atom stereocenters. The van der Waals surface area contributed by atoms with Gasteiger partial charge >= 0.3 is 6.09 Å². The summed E-state index contributed by atoms with van der Waals surface area (Å²) in [6, 6.07) is 21.4. The number of ketones is 1. The molecule has 208 valence electrons. The number of amides is 1. The van der Waals surface area contributed by atoms with Crippen molar-refractivity contribution in [2.75, 3.05) is 51.1 Å². The molecule has 3 aromatic rings. The van der Waals surface area contributed by atoms with Crippen LogP contribution in [0.2, 0.25) is 0 Å². The van der Waals surface area contributed by atoms with Crippen LogP contribution in [0.5, 0.6) is 0 Å². The van der Waals surface area contributed by atoms with Crippen LogP contribution >= 0.6 is 0 Å². The second-order valence-electron chi connectivity index (χ2n) is 9.81. The minimum absolute atomic E-state index is 0.0345. The highest BCUT2D eigenvalue weighted by atomic mass is 16.6. The third kappa shape index (κ3) is 8.51. The summed E-state index contributed by atoms with van der Waals surface area (Å²) in [5.41, 5.74) is 2.74. The average Bonchev–Trinajstić information content (AvgIpc) is 3.44. The van der Waals surface area contributed by atoms with E-state index in [1.807, 2.05) is 60.7 Å².